The van der Waals surface area contributed by atoms with Gasteiger partial charge >= 0.3 is 0 Å². The SMILES string of the molecule is CC(C)(C)c1nc(N)cc(NCc2ccc(F)c(F)c2)n1. The van der Waals surface area contributed by atoms with Gasteiger partial charge in [0.25, 0.3) is 0 Å². The van der Waals surface area contributed by atoms with Crippen molar-refractivity contribution in [2.75, 3.05) is 11.1 Å². The van der Waals surface area contributed by atoms with Crippen LogP contribution in [0.3, 0.4) is 0 Å². The van der Waals surface area contributed by atoms with Crippen molar-refractivity contribution in [2.24, 2.45) is 0 Å². The van der Waals surface area contributed by atoms with Crippen LogP contribution in [0.1, 0.15) is 32.2 Å². The summed E-state index contributed by atoms with van der Waals surface area (Å²) in [5.41, 5.74) is 6.15. The molecule has 0 radical (unpaired) electrons. The highest BCUT2D eigenvalue weighted by atomic mass is 19.2. The molecule has 2 aromatic rings. The molecule has 0 aliphatic rings. The number of rotatable bonds is 3. The smallest absolute Gasteiger partial charge is 0.159 e. The van der Waals surface area contributed by atoms with E-state index in [0.29, 0.717) is 29.6 Å². The Kier molecular flexibility index (Phi) is 4.06. The minimum absolute atomic E-state index is 0.228. The quantitative estimate of drug-likeness (QED) is 0.911. The van der Waals surface area contributed by atoms with Gasteiger partial charge in [-0.2, -0.15) is 0 Å². The van der Waals surface area contributed by atoms with Crippen molar-refractivity contribution in [3.8, 4) is 0 Å². The van der Waals surface area contributed by atoms with E-state index in [1.807, 2.05) is 20.8 Å². The van der Waals surface area contributed by atoms with Gasteiger partial charge in [0.15, 0.2) is 11.6 Å². The van der Waals surface area contributed by atoms with Crippen LogP contribution in [-0.2, 0) is 12.0 Å². The van der Waals surface area contributed by atoms with Gasteiger partial charge in [-0.25, -0.2) is 18.7 Å². The molecule has 0 saturated carbocycles. The van der Waals surface area contributed by atoms with E-state index in [1.54, 1.807) is 6.07 Å². The van der Waals surface area contributed by atoms with Crippen molar-refractivity contribution in [3.63, 3.8) is 0 Å². The summed E-state index contributed by atoms with van der Waals surface area (Å²) in [5.74, 6) is -0.193. The number of nitrogen functional groups attached to an aromatic ring is 1. The normalized spacial score (nSPS) is 11.5. The maximum Gasteiger partial charge on any atom is 0.159 e. The molecule has 0 bridgehead atoms. The second-order valence-electron chi connectivity index (χ2n) is 5.85. The molecule has 112 valence electrons. The lowest BCUT2D eigenvalue weighted by molar-refractivity contribution is 0.507. The van der Waals surface area contributed by atoms with Crippen molar-refractivity contribution in [1.82, 2.24) is 9.97 Å². The first-order chi connectivity index (χ1) is 9.75. The molecular formula is C15H18F2N4. The van der Waals surface area contributed by atoms with Gasteiger partial charge in [0.2, 0.25) is 0 Å². The summed E-state index contributed by atoms with van der Waals surface area (Å²) in [6.07, 6.45) is 0. The first kappa shape index (κ1) is 15.2. The van der Waals surface area contributed by atoms with E-state index >= 15 is 0 Å². The molecule has 1 aromatic carbocycles. The first-order valence-corrected chi connectivity index (χ1v) is 6.58. The highest BCUT2D eigenvalue weighted by molar-refractivity contribution is 5.45. The van der Waals surface area contributed by atoms with Gasteiger partial charge in [-0.3, -0.25) is 0 Å². The van der Waals surface area contributed by atoms with Gasteiger partial charge in [-0.1, -0.05) is 26.8 Å². The van der Waals surface area contributed by atoms with Crippen LogP contribution >= 0.6 is 0 Å². The largest absolute Gasteiger partial charge is 0.384 e. The molecule has 6 heteroatoms. The zero-order valence-electron chi connectivity index (χ0n) is 12.2. The van der Waals surface area contributed by atoms with Gasteiger partial charge in [-0.15, -0.1) is 0 Å². The molecule has 0 atom stereocenters. The van der Waals surface area contributed by atoms with E-state index in [-0.39, 0.29) is 5.41 Å². The highest BCUT2D eigenvalue weighted by Crippen LogP contribution is 2.21. The monoisotopic (exact) mass is 292 g/mol. The Labute approximate surface area is 122 Å². The maximum atomic E-state index is 13.1. The fourth-order valence-electron chi connectivity index (χ4n) is 1.73. The van der Waals surface area contributed by atoms with Gasteiger partial charge in [0.1, 0.15) is 17.5 Å². The average molecular weight is 292 g/mol. The molecule has 2 rings (SSSR count). The summed E-state index contributed by atoms with van der Waals surface area (Å²) in [6, 6.07) is 5.37. The Morgan fingerprint density at radius 1 is 1.10 bits per heavy atom. The van der Waals surface area contributed by atoms with E-state index in [2.05, 4.69) is 15.3 Å². The summed E-state index contributed by atoms with van der Waals surface area (Å²) in [6.45, 7) is 6.28. The maximum absolute atomic E-state index is 13.1. The van der Waals surface area contributed by atoms with Crippen molar-refractivity contribution in [2.45, 2.75) is 32.7 Å². The second-order valence-corrected chi connectivity index (χ2v) is 5.85. The van der Waals surface area contributed by atoms with Gasteiger partial charge in [-0.05, 0) is 17.7 Å². The number of nitrogens with two attached hydrogens (primary N) is 1. The molecule has 0 amide bonds. The van der Waals surface area contributed by atoms with Crippen molar-refractivity contribution < 1.29 is 8.78 Å². The van der Waals surface area contributed by atoms with Gasteiger partial charge in [0.05, 0.1) is 0 Å². The van der Waals surface area contributed by atoms with Gasteiger partial charge < -0.3 is 11.1 Å². The Balaban J connectivity index is 2.16. The predicted molar refractivity (Wildman–Crippen MR) is 78.8 cm³/mol. The van der Waals surface area contributed by atoms with Crippen LogP contribution in [0.2, 0.25) is 0 Å². The van der Waals surface area contributed by atoms with Crippen LogP contribution in [0.15, 0.2) is 24.3 Å². The Bertz CT molecular complexity index is 651. The second kappa shape index (κ2) is 5.63. The lowest BCUT2D eigenvalue weighted by Gasteiger charge is -2.18. The van der Waals surface area contributed by atoms with Crippen LogP contribution in [0, 0.1) is 11.6 Å². The number of anilines is 2. The molecule has 0 fully saturated rings. The third kappa shape index (κ3) is 3.87. The predicted octanol–water partition coefficient (Wildman–Crippen LogP) is 3.25. The van der Waals surface area contributed by atoms with Crippen molar-refractivity contribution >= 4 is 11.6 Å². The van der Waals surface area contributed by atoms with E-state index in [4.69, 9.17) is 5.73 Å². The molecule has 0 aliphatic carbocycles. The number of nitrogens with zero attached hydrogens (tertiary/aromatic N) is 2. The Morgan fingerprint density at radius 3 is 2.43 bits per heavy atom. The Hall–Kier alpha value is -2.24. The summed E-state index contributed by atoms with van der Waals surface area (Å²) < 4.78 is 26.0. The summed E-state index contributed by atoms with van der Waals surface area (Å²) in [4.78, 5) is 8.59. The van der Waals surface area contributed by atoms with Crippen LogP contribution in [0.5, 0.6) is 0 Å². The van der Waals surface area contributed by atoms with E-state index < -0.39 is 11.6 Å². The minimum atomic E-state index is -0.869. The molecule has 0 saturated heterocycles. The summed E-state index contributed by atoms with van der Waals surface area (Å²) >= 11 is 0. The average Bonchev–Trinajstić information content (AvgIpc) is 2.38. The number of benzene rings is 1. The molecular weight excluding hydrogens is 274 g/mol. The molecule has 1 aromatic heterocycles. The summed E-state index contributed by atoms with van der Waals surface area (Å²) in [5, 5.41) is 3.04. The first-order valence-electron chi connectivity index (χ1n) is 6.58. The summed E-state index contributed by atoms with van der Waals surface area (Å²) in [7, 11) is 0. The third-order valence-electron chi connectivity index (χ3n) is 2.87. The molecule has 4 nitrogen and oxygen atoms in total. The molecule has 0 spiro atoms. The molecule has 21 heavy (non-hydrogen) atoms. The molecule has 3 N–H and O–H groups in total. The lowest BCUT2D eigenvalue weighted by Crippen LogP contribution is -2.18. The zero-order valence-corrected chi connectivity index (χ0v) is 12.2. The number of hydrogen-bond acceptors (Lipinski definition) is 4. The highest BCUT2D eigenvalue weighted by Gasteiger charge is 2.18. The van der Waals surface area contributed by atoms with Crippen LogP contribution < -0.4 is 11.1 Å². The topological polar surface area (TPSA) is 63.8 Å². The fourth-order valence-corrected chi connectivity index (χ4v) is 1.73. The fraction of sp³-hybridized carbons (Fsp3) is 0.333. The van der Waals surface area contributed by atoms with Crippen LogP contribution in [0.25, 0.3) is 0 Å². The van der Waals surface area contributed by atoms with Crippen LogP contribution in [0.4, 0.5) is 20.4 Å². The third-order valence-corrected chi connectivity index (χ3v) is 2.87. The molecule has 0 aliphatic heterocycles. The number of nitrogens with one attached hydrogen (secondary N) is 1. The van der Waals surface area contributed by atoms with Crippen molar-refractivity contribution in [3.05, 3.63) is 47.3 Å². The minimum Gasteiger partial charge on any atom is -0.384 e. The molecule has 0 unspecified atom stereocenters. The van der Waals surface area contributed by atoms with E-state index in [0.717, 1.165) is 12.1 Å². The lowest BCUT2D eigenvalue weighted by atomic mass is 9.96. The number of hydrogen-bond donors (Lipinski definition) is 2. The van der Waals surface area contributed by atoms with E-state index in [9.17, 15) is 8.78 Å². The van der Waals surface area contributed by atoms with Gasteiger partial charge in [0, 0.05) is 18.0 Å². The van der Waals surface area contributed by atoms with E-state index in [1.165, 1.54) is 6.07 Å². The molecule has 1 heterocycles. The Morgan fingerprint density at radius 2 is 1.81 bits per heavy atom. The zero-order chi connectivity index (χ0) is 15.6. The number of aromatic nitrogens is 2. The van der Waals surface area contributed by atoms with Crippen LogP contribution in [-0.4, -0.2) is 9.97 Å². The number of halogens is 2. The van der Waals surface area contributed by atoms with Crippen molar-refractivity contribution in [1.29, 1.82) is 0 Å². The standard InChI is InChI=1S/C15H18F2N4/c1-15(2,3)14-20-12(18)7-13(21-14)19-8-9-4-5-10(16)11(17)6-9/h4-7H,8H2,1-3H3,(H3,18,19,20,21).